The van der Waals surface area contributed by atoms with Crippen LogP contribution in [0.4, 0.5) is 0 Å². The topological polar surface area (TPSA) is 55.4 Å². The number of rotatable bonds is 5. The second-order valence-electron chi connectivity index (χ2n) is 2.46. The molecule has 12 heavy (non-hydrogen) atoms. The van der Waals surface area contributed by atoms with Crippen molar-refractivity contribution < 1.29 is 14.3 Å². The molecule has 0 fully saturated rings. The van der Waals surface area contributed by atoms with Crippen molar-refractivity contribution in [1.82, 2.24) is 5.32 Å². The van der Waals surface area contributed by atoms with E-state index in [4.69, 9.17) is 0 Å². The smallest absolute Gasteiger partial charge is 0.315 e. The number of nitrogens with one attached hydrogen (secondary N) is 1. The van der Waals surface area contributed by atoms with Crippen LogP contribution in [-0.4, -0.2) is 25.5 Å². The minimum Gasteiger partial charge on any atom is -0.469 e. The van der Waals surface area contributed by atoms with Crippen LogP contribution in [-0.2, 0) is 14.3 Å². The van der Waals surface area contributed by atoms with Crippen LogP contribution < -0.4 is 5.32 Å². The highest BCUT2D eigenvalue weighted by Gasteiger charge is 2.07. The summed E-state index contributed by atoms with van der Waals surface area (Å²) in [5.74, 6) is -0.765. The molecule has 0 spiro atoms. The second-order valence-corrected chi connectivity index (χ2v) is 2.46. The number of hydrogen-bond donors (Lipinski definition) is 1. The Morgan fingerprint density at radius 1 is 1.42 bits per heavy atom. The van der Waals surface area contributed by atoms with Crippen LogP contribution in [0.15, 0.2) is 0 Å². The van der Waals surface area contributed by atoms with Crippen molar-refractivity contribution in [2.45, 2.75) is 26.2 Å². The molecule has 0 atom stereocenters. The van der Waals surface area contributed by atoms with E-state index in [0.717, 1.165) is 12.8 Å². The van der Waals surface area contributed by atoms with Crippen molar-refractivity contribution >= 4 is 11.9 Å². The SMILES string of the molecule is CCCCNC(=O)CC(=O)OC. The number of carbonyl (C=O) groups is 2. The summed E-state index contributed by atoms with van der Waals surface area (Å²) in [6.45, 7) is 2.67. The molecule has 70 valence electrons. The van der Waals surface area contributed by atoms with Crippen molar-refractivity contribution in [1.29, 1.82) is 0 Å². The highest BCUT2D eigenvalue weighted by atomic mass is 16.5. The maximum Gasteiger partial charge on any atom is 0.315 e. The third kappa shape index (κ3) is 5.70. The molecule has 0 saturated carbocycles. The molecule has 1 N–H and O–H groups in total. The standard InChI is InChI=1S/C8H15NO3/c1-3-4-5-9-7(10)6-8(11)12-2/h3-6H2,1-2H3,(H,9,10). The van der Waals surface area contributed by atoms with Crippen molar-refractivity contribution in [3.8, 4) is 0 Å². The lowest BCUT2D eigenvalue weighted by atomic mass is 10.3. The first-order valence-corrected chi connectivity index (χ1v) is 4.04. The van der Waals surface area contributed by atoms with Crippen LogP contribution in [0.3, 0.4) is 0 Å². The molecular formula is C8H15NO3. The quantitative estimate of drug-likeness (QED) is 0.373. The summed E-state index contributed by atoms with van der Waals surface area (Å²) in [5, 5.41) is 2.61. The summed E-state index contributed by atoms with van der Waals surface area (Å²) in [7, 11) is 1.27. The van der Waals surface area contributed by atoms with Gasteiger partial charge in [-0.25, -0.2) is 0 Å². The van der Waals surface area contributed by atoms with Gasteiger partial charge < -0.3 is 10.1 Å². The highest BCUT2D eigenvalue weighted by molar-refractivity contribution is 5.94. The van der Waals surface area contributed by atoms with Crippen LogP contribution in [0.25, 0.3) is 0 Å². The average molecular weight is 173 g/mol. The summed E-state index contributed by atoms with van der Waals surface area (Å²) in [4.78, 5) is 21.4. The molecule has 4 heteroatoms. The van der Waals surface area contributed by atoms with E-state index in [1.165, 1.54) is 7.11 Å². The molecule has 0 aromatic carbocycles. The Morgan fingerprint density at radius 3 is 2.58 bits per heavy atom. The number of amides is 1. The van der Waals surface area contributed by atoms with Crippen molar-refractivity contribution in [2.24, 2.45) is 0 Å². The van der Waals surface area contributed by atoms with Gasteiger partial charge in [-0.3, -0.25) is 9.59 Å². The summed E-state index contributed by atoms with van der Waals surface area (Å²) >= 11 is 0. The van der Waals surface area contributed by atoms with E-state index in [9.17, 15) is 9.59 Å². The number of unbranched alkanes of at least 4 members (excludes halogenated alkanes) is 1. The van der Waals surface area contributed by atoms with Gasteiger partial charge in [0.1, 0.15) is 6.42 Å². The lowest BCUT2D eigenvalue weighted by Crippen LogP contribution is -2.26. The zero-order valence-corrected chi connectivity index (χ0v) is 7.55. The van der Waals surface area contributed by atoms with Crippen LogP contribution in [0.1, 0.15) is 26.2 Å². The van der Waals surface area contributed by atoms with E-state index in [1.807, 2.05) is 6.92 Å². The molecule has 0 bridgehead atoms. The Kier molecular flexibility index (Phi) is 6.05. The monoisotopic (exact) mass is 173 g/mol. The molecule has 0 rings (SSSR count). The Labute approximate surface area is 72.3 Å². The third-order valence-electron chi connectivity index (χ3n) is 1.39. The Balaban J connectivity index is 3.40. The van der Waals surface area contributed by atoms with Crippen LogP contribution in [0.2, 0.25) is 0 Å². The maximum atomic E-state index is 10.9. The van der Waals surface area contributed by atoms with Gasteiger partial charge in [0.2, 0.25) is 5.91 Å². The molecule has 0 heterocycles. The van der Waals surface area contributed by atoms with Gasteiger partial charge in [0, 0.05) is 6.54 Å². The first-order valence-electron chi connectivity index (χ1n) is 4.04. The number of ether oxygens (including phenoxy) is 1. The zero-order chi connectivity index (χ0) is 9.40. The van der Waals surface area contributed by atoms with Gasteiger partial charge in [0.25, 0.3) is 0 Å². The fourth-order valence-electron chi connectivity index (χ4n) is 0.670. The minimum atomic E-state index is -0.496. The molecular weight excluding hydrogens is 158 g/mol. The van der Waals surface area contributed by atoms with Gasteiger partial charge >= 0.3 is 5.97 Å². The summed E-state index contributed by atoms with van der Waals surface area (Å²) < 4.78 is 4.33. The largest absolute Gasteiger partial charge is 0.469 e. The molecule has 0 saturated heterocycles. The lowest BCUT2D eigenvalue weighted by molar-refractivity contribution is -0.143. The highest BCUT2D eigenvalue weighted by Crippen LogP contribution is 1.86. The maximum absolute atomic E-state index is 10.9. The van der Waals surface area contributed by atoms with E-state index in [1.54, 1.807) is 0 Å². The molecule has 0 aromatic rings. The normalized spacial score (nSPS) is 9.17. The fraction of sp³-hybridized carbons (Fsp3) is 0.750. The summed E-state index contributed by atoms with van der Waals surface area (Å²) in [6, 6.07) is 0. The lowest BCUT2D eigenvalue weighted by Gasteiger charge is -2.02. The van der Waals surface area contributed by atoms with Gasteiger partial charge in [0.05, 0.1) is 7.11 Å². The van der Waals surface area contributed by atoms with E-state index in [2.05, 4.69) is 10.1 Å². The number of hydrogen-bond acceptors (Lipinski definition) is 3. The van der Waals surface area contributed by atoms with Gasteiger partial charge in [-0.1, -0.05) is 13.3 Å². The van der Waals surface area contributed by atoms with E-state index >= 15 is 0 Å². The van der Waals surface area contributed by atoms with Crippen molar-refractivity contribution in [2.75, 3.05) is 13.7 Å². The van der Waals surface area contributed by atoms with E-state index in [-0.39, 0.29) is 12.3 Å². The number of methoxy groups -OCH3 is 1. The fourth-order valence-corrected chi connectivity index (χ4v) is 0.670. The molecule has 0 unspecified atom stereocenters. The van der Waals surface area contributed by atoms with Gasteiger partial charge in [-0.05, 0) is 6.42 Å². The van der Waals surface area contributed by atoms with Gasteiger partial charge in [-0.15, -0.1) is 0 Å². The molecule has 4 nitrogen and oxygen atoms in total. The number of carbonyl (C=O) groups excluding carboxylic acids is 2. The minimum absolute atomic E-state index is 0.180. The third-order valence-corrected chi connectivity index (χ3v) is 1.39. The molecule has 0 aliphatic carbocycles. The molecule has 0 radical (unpaired) electrons. The van der Waals surface area contributed by atoms with Gasteiger partial charge in [0.15, 0.2) is 0 Å². The van der Waals surface area contributed by atoms with E-state index < -0.39 is 5.97 Å². The summed E-state index contributed by atoms with van der Waals surface area (Å²) in [5.41, 5.74) is 0. The van der Waals surface area contributed by atoms with Crippen LogP contribution >= 0.6 is 0 Å². The first-order chi connectivity index (χ1) is 5.70. The Hall–Kier alpha value is -1.06. The van der Waals surface area contributed by atoms with Crippen molar-refractivity contribution in [3.63, 3.8) is 0 Å². The van der Waals surface area contributed by atoms with E-state index in [0.29, 0.717) is 6.54 Å². The first kappa shape index (κ1) is 10.9. The van der Waals surface area contributed by atoms with Gasteiger partial charge in [-0.2, -0.15) is 0 Å². The molecule has 0 aromatic heterocycles. The number of esters is 1. The average Bonchev–Trinajstić information content (AvgIpc) is 2.05. The molecule has 1 amide bonds. The second kappa shape index (κ2) is 6.64. The summed E-state index contributed by atoms with van der Waals surface area (Å²) in [6.07, 6.45) is 1.78. The Morgan fingerprint density at radius 2 is 2.08 bits per heavy atom. The van der Waals surface area contributed by atoms with Crippen LogP contribution in [0, 0.1) is 0 Å². The van der Waals surface area contributed by atoms with Crippen molar-refractivity contribution in [3.05, 3.63) is 0 Å². The predicted molar refractivity (Wildman–Crippen MR) is 44.6 cm³/mol. The Bertz CT molecular complexity index is 156. The molecule has 0 aliphatic rings. The zero-order valence-electron chi connectivity index (χ0n) is 7.55. The van der Waals surface area contributed by atoms with Crippen LogP contribution in [0.5, 0.6) is 0 Å². The predicted octanol–water partition coefficient (Wildman–Crippen LogP) is 0.466. The molecule has 0 aliphatic heterocycles.